The molecule has 1 aromatic rings. The molecular formula is C9H14N4O3. The second kappa shape index (κ2) is 4.09. The van der Waals surface area contributed by atoms with Gasteiger partial charge in [0.2, 0.25) is 12.1 Å². The van der Waals surface area contributed by atoms with Crippen molar-refractivity contribution in [1.29, 1.82) is 0 Å². The summed E-state index contributed by atoms with van der Waals surface area (Å²) >= 11 is 0. The van der Waals surface area contributed by atoms with Gasteiger partial charge in [-0.25, -0.2) is 0 Å². The van der Waals surface area contributed by atoms with E-state index in [2.05, 4.69) is 10.3 Å². The van der Waals surface area contributed by atoms with Crippen molar-refractivity contribution < 1.29 is 9.66 Å². The first-order valence-electron chi connectivity index (χ1n) is 5.13. The topological polar surface area (TPSA) is 82.2 Å². The largest absolute Gasteiger partial charge is 0.406 e. The standard InChI is InChI=1S/C9H14N4O3/c1-6-7(3-4-16-6)11-9-8(13(14)15)10-5-12(9)2/h5-7,11H,3-4H2,1-2H3. The lowest BCUT2D eigenvalue weighted by Gasteiger charge is -2.16. The van der Waals surface area contributed by atoms with Gasteiger partial charge in [0.05, 0.1) is 12.1 Å². The summed E-state index contributed by atoms with van der Waals surface area (Å²) < 4.78 is 7.01. The second-order valence-corrected chi connectivity index (χ2v) is 3.90. The number of imidazole rings is 1. The molecular weight excluding hydrogens is 212 g/mol. The van der Waals surface area contributed by atoms with Crippen molar-refractivity contribution in [3.8, 4) is 0 Å². The van der Waals surface area contributed by atoms with Crippen LogP contribution in [-0.4, -0.2) is 33.2 Å². The van der Waals surface area contributed by atoms with E-state index >= 15 is 0 Å². The number of ether oxygens (including phenoxy) is 1. The van der Waals surface area contributed by atoms with E-state index in [9.17, 15) is 10.1 Å². The number of nitrogens with zero attached hydrogens (tertiary/aromatic N) is 3. The maximum absolute atomic E-state index is 10.7. The fraction of sp³-hybridized carbons (Fsp3) is 0.667. The molecule has 2 heterocycles. The molecule has 1 aliphatic rings. The normalized spacial score (nSPS) is 24.6. The molecule has 1 saturated heterocycles. The molecule has 1 aromatic heterocycles. The number of rotatable bonds is 3. The van der Waals surface area contributed by atoms with Crippen LogP contribution in [0.5, 0.6) is 0 Å². The maximum atomic E-state index is 10.7. The van der Waals surface area contributed by atoms with Crippen LogP contribution in [0.25, 0.3) is 0 Å². The third-order valence-corrected chi connectivity index (χ3v) is 2.79. The van der Waals surface area contributed by atoms with Gasteiger partial charge in [0.15, 0.2) is 0 Å². The minimum absolute atomic E-state index is 0.0644. The van der Waals surface area contributed by atoms with Gasteiger partial charge in [-0.15, -0.1) is 0 Å². The number of anilines is 1. The zero-order valence-electron chi connectivity index (χ0n) is 9.21. The Balaban J connectivity index is 2.19. The van der Waals surface area contributed by atoms with Crippen molar-refractivity contribution in [2.45, 2.75) is 25.5 Å². The van der Waals surface area contributed by atoms with E-state index in [4.69, 9.17) is 4.74 Å². The first-order valence-corrected chi connectivity index (χ1v) is 5.13. The Morgan fingerprint density at radius 3 is 3.06 bits per heavy atom. The minimum Gasteiger partial charge on any atom is -0.376 e. The van der Waals surface area contributed by atoms with Gasteiger partial charge in [-0.2, -0.15) is 0 Å². The Hall–Kier alpha value is -1.63. The summed E-state index contributed by atoms with van der Waals surface area (Å²) in [5, 5.41) is 13.9. The quantitative estimate of drug-likeness (QED) is 0.612. The highest BCUT2D eigenvalue weighted by Crippen LogP contribution is 2.25. The van der Waals surface area contributed by atoms with E-state index in [1.165, 1.54) is 6.33 Å². The molecule has 0 amide bonds. The minimum atomic E-state index is -0.483. The van der Waals surface area contributed by atoms with Crippen LogP contribution in [0.4, 0.5) is 11.6 Å². The molecule has 0 bridgehead atoms. The lowest BCUT2D eigenvalue weighted by atomic mass is 10.1. The maximum Gasteiger partial charge on any atom is 0.406 e. The Morgan fingerprint density at radius 1 is 1.75 bits per heavy atom. The average Bonchev–Trinajstić information content (AvgIpc) is 2.76. The van der Waals surface area contributed by atoms with Gasteiger partial charge in [-0.1, -0.05) is 0 Å². The first kappa shape index (κ1) is 10.9. The summed E-state index contributed by atoms with van der Waals surface area (Å²) in [6.07, 6.45) is 2.35. The summed E-state index contributed by atoms with van der Waals surface area (Å²) in [5.74, 6) is 0.300. The molecule has 0 aromatic carbocycles. The molecule has 2 atom stereocenters. The molecule has 2 rings (SSSR count). The first-order chi connectivity index (χ1) is 7.59. The molecule has 0 radical (unpaired) electrons. The van der Waals surface area contributed by atoms with Crippen molar-refractivity contribution >= 4 is 11.6 Å². The monoisotopic (exact) mass is 226 g/mol. The lowest BCUT2D eigenvalue weighted by molar-refractivity contribution is -0.388. The van der Waals surface area contributed by atoms with E-state index in [1.807, 2.05) is 6.92 Å². The third kappa shape index (κ3) is 1.85. The fourth-order valence-electron chi connectivity index (χ4n) is 1.81. The van der Waals surface area contributed by atoms with E-state index in [1.54, 1.807) is 11.6 Å². The summed E-state index contributed by atoms with van der Waals surface area (Å²) in [4.78, 5) is 14.0. The molecule has 16 heavy (non-hydrogen) atoms. The van der Waals surface area contributed by atoms with Crippen molar-refractivity contribution in [1.82, 2.24) is 9.55 Å². The number of nitro groups is 1. The van der Waals surface area contributed by atoms with Gasteiger partial charge < -0.3 is 20.2 Å². The van der Waals surface area contributed by atoms with Crippen molar-refractivity contribution in [3.63, 3.8) is 0 Å². The predicted molar refractivity (Wildman–Crippen MR) is 57.3 cm³/mol. The van der Waals surface area contributed by atoms with Crippen LogP contribution in [0.2, 0.25) is 0 Å². The van der Waals surface area contributed by atoms with Crippen LogP contribution in [0, 0.1) is 10.1 Å². The number of aryl methyl sites for hydroxylation is 1. The summed E-state index contributed by atoms with van der Waals surface area (Å²) in [6.45, 7) is 2.64. The highest BCUT2D eigenvalue weighted by molar-refractivity contribution is 5.52. The van der Waals surface area contributed by atoms with Crippen molar-refractivity contribution in [2.24, 2.45) is 7.05 Å². The van der Waals surface area contributed by atoms with Gasteiger partial charge in [0.1, 0.15) is 0 Å². The highest BCUT2D eigenvalue weighted by Gasteiger charge is 2.28. The zero-order chi connectivity index (χ0) is 11.7. The molecule has 0 spiro atoms. The van der Waals surface area contributed by atoms with Crippen LogP contribution >= 0.6 is 0 Å². The van der Waals surface area contributed by atoms with Gasteiger partial charge in [-0.3, -0.25) is 4.57 Å². The van der Waals surface area contributed by atoms with E-state index < -0.39 is 4.92 Å². The Morgan fingerprint density at radius 2 is 2.50 bits per heavy atom. The summed E-state index contributed by atoms with van der Waals surface area (Å²) in [5.41, 5.74) is 0. The van der Waals surface area contributed by atoms with E-state index in [0.717, 1.165) is 6.42 Å². The number of hydrogen-bond acceptors (Lipinski definition) is 5. The molecule has 7 heteroatoms. The lowest BCUT2D eigenvalue weighted by Crippen LogP contribution is -2.27. The fourth-order valence-corrected chi connectivity index (χ4v) is 1.81. The number of hydrogen-bond donors (Lipinski definition) is 1. The zero-order valence-corrected chi connectivity index (χ0v) is 9.21. The predicted octanol–water partition coefficient (Wildman–Crippen LogP) is 0.918. The second-order valence-electron chi connectivity index (χ2n) is 3.90. The molecule has 2 unspecified atom stereocenters. The summed E-state index contributed by atoms with van der Waals surface area (Å²) in [7, 11) is 1.73. The van der Waals surface area contributed by atoms with E-state index in [0.29, 0.717) is 12.4 Å². The van der Waals surface area contributed by atoms with Gasteiger partial charge in [0.25, 0.3) is 0 Å². The van der Waals surface area contributed by atoms with E-state index in [-0.39, 0.29) is 18.0 Å². The molecule has 0 aliphatic carbocycles. The molecule has 0 saturated carbocycles. The Labute approximate surface area is 92.6 Å². The molecule has 7 nitrogen and oxygen atoms in total. The Bertz CT molecular complexity index is 403. The van der Waals surface area contributed by atoms with Gasteiger partial charge in [-0.05, 0) is 23.3 Å². The van der Waals surface area contributed by atoms with Crippen LogP contribution in [0.15, 0.2) is 6.33 Å². The smallest absolute Gasteiger partial charge is 0.376 e. The van der Waals surface area contributed by atoms with Gasteiger partial charge >= 0.3 is 5.82 Å². The number of nitrogens with one attached hydrogen (secondary N) is 1. The highest BCUT2D eigenvalue weighted by atomic mass is 16.6. The van der Waals surface area contributed by atoms with Crippen LogP contribution < -0.4 is 5.32 Å². The number of aromatic nitrogens is 2. The molecule has 88 valence electrons. The van der Waals surface area contributed by atoms with Gasteiger partial charge in [0, 0.05) is 13.7 Å². The molecule has 1 N–H and O–H groups in total. The van der Waals surface area contributed by atoms with Crippen LogP contribution in [-0.2, 0) is 11.8 Å². The summed E-state index contributed by atoms with van der Waals surface area (Å²) in [6, 6.07) is 0.106. The molecule has 1 fully saturated rings. The molecule has 1 aliphatic heterocycles. The third-order valence-electron chi connectivity index (χ3n) is 2.79. The van der Waals surface area contributed by atoms with Crippen LogP contribution in [0.1, 0.15) is 13.3 Å². The van der Waals surface area contributed by atoms with Crippen molar-refractivity contribution in [3.05, 3.63) is 16.4 Å². The van der Waals surface area contributed by atoms with Crippen molar-refractivity contribution in [2.75, 3.05) is 11.9 Å². The average molecular weight is 226 g/mol. The SMILES string of the molecule is CC1OCCC1Nc1c([N+](=O)[O-])ncn1C. The van der Waals surface area contributed by atoms with Crippen LogP contribution in [0.3, 0.4) is 0 Å². The Kier molecular flexibility index (Phi) is 2.78.